The molecule has 0 aliphatic heterocycles. The highest BCUT2D eigenvalue weighted by Gasteiger charge is 2.25. The van der Waals surface area contributed by atoms with Crippen molar-refractivity contribution in [3.8, 4) is 0 Å². The summed E-state index contributed by atoms with van der Waals surface area (Å²) in [5, 5.41) is 11.4. The summed E-state index contributed by atoms with van der Waals surface area (Å²) in [7, 11) is 1.11. The Balaban J connectivity index is 1.70. The lowest BCUT2D eigenvalue weighted by atomic mass is 9.95. The number of aryl methyl sites for hydroxylation is 1. The fourth-order valence-electron chi connectivity index (χ4n) is 3.02. The Kier molecular flexibility index (Phi) is 7.58. The molecule has 1 aromatic rings. The largest absolute Gasteiger partial charge is 0.356 e. The molecule has 0 aromatic carbocycles. The van der Waals surface area contributed by atoms with Crippen LogP contribution in [0.4, 0.5) is 0 Å². The van der Waals surface area contributed by atoms with E-state index in [-0.39, 0.29) is 0 Å². The van der Waals surface area contributed by atoms with E-state index < -0.39 is 10.8 Å². The van der Waals surface area contributed by atoms with Crippen LogP contribution in [0.25, 0.3) is 0 Å². The van der Waals surface area contributed by atoms with E-state index in [0.29, 0.717) is 11.3 Å². The van der Waals surface area contributed by atoms with Gasteiger partial charge in [-0.05, 0) is 31.7 Å². The molecule has 0 bridgehead atoms. The summed E-state index contributed by atoms with van der Waals surface area (Å²) in [6.07, 6.45) is 9.12. The molecule has 1 heterocycles. The van der Waals surface area contributed by atoms with Crippen molar-refractivity contribution in [2.24, 2.45) is 4.99 Å². The highest BCUT2D eigenvalue weighted by molar-refractivity contribution is 7.85. The number of rotatable bonds is 7. The Morgan fingerprint density at radius 2 is 2.35 bits per heavy atom. The number of nitrogens with one attached hydrogen (secondary N) is 2. The fraction of sp³-hybridized carbons (Fsp3) is 0.750. The Labute approximate surface area is 141 Å². The van der Waals surface area contributed by atoms with Crippen LogP contribution in [0.3, 0.4) is 0 Å². The smallest absolute Gasteiger partial charge is 0.191 e. The maximum atomic E-state index is 12.0. The zero-order chi connectivity index (χ0) is 16.5. The van der Waals surface area contributed by atoms with Crippen LogP contribution < -0.4 is 10.6 Å². The maximum absolute atomic E-state index is 12.0. The minimum absolute atomic E-state index is 0.337. The van der Waals surface area contributed by atoms with Gasteiger partial charge in [-0.3, -0.25) is 13.9 Å². The Bertz CT molecular complexity index is 503. The van der Waals surface area contributed by atoms with Crippen LogP contribution >= 0.6 is 0 Å². The summed E-state index contributed by atoms with van der Waals surface area (Å²) in [5.41, 5.74) is 0. The average molecular weight is 340 g/mol. The van der Waals surface area contributed by atoms with Crippen molar-refractivity contribution in [3.63, 3.8) is 0 Å². The van der Waals surface area contributed by atoms with Crippen molar-refractivity contribution in [1.29, 1.82) is 0 Å². The number of hydrogen-bond donors (Lipinski definition) is 2. The van der Waals surface area contributed by atoms with Crippen molar-refractivity contribution in [1.82, 2.24) is 20.4 Å². The van der Waals surface area contributed by atoms with E-state index in [1.54, 1.807) is 13.2 Å². The highest BCUT2D eigenvalue weighted by Crippen LogP contribution is 2.22. The molecule has 23 heavy (non-hydrogen) atoms. The van der Waals surface area contributed by atoms with Crippen LogP contribution in [0.15, 0.2) is 23.5 Å². The summed E-state index contributed by atoms with van der Waals surface area (Å²) in [4.78, 5) is 4.30. The van der Waals surface area contributed by atoms with E-state index in [2.05, 4.69) is 20.7 Å². The van der Waals surface area contributed by atoms with Gasteiger partial charge < -0.3 is 10.6 Å². The SMILES string of the molecule is CCS(=O)C1CCCC(NC(=NC)NCCCn2cccn2)C1. The molecule has 0 radical (unpaired) electrons. The van der Waals surface area contributed by atoms with Crippen LogP contribution in [-0.2, 0) is 17.3 Å². The second-order valence-corrected chi connectivity index (χ2v) is 7.93. The van der Waals surface area contributed by atoms with Crippen LogP contribution in [0.2, 0.25) is 0 Å². The third-order valence-electron chi connectivity index (χ3n) is 4.26. The molecule has 1 fully saturated rings. The minimum Gasteiger partial charge on any atom is -0.356 e. The molecule has 6 nitrogen and oxygen atoms in total. The lowest BCUT2D eigenvalue weighted by molar-refractivity contribution is 0.413. The first-order valence-electron chi connectivity index (χ1n) is 8.54. The number of aliphatic imine (C=N–C) groups is 1. The zero-order valence-corrected chi connectivity index (χ0v) is 15.0. The van der Waals surface area contributed by atoms with Gasteiger partial charge in [0.1, 0.15) is 0 Å². The molecule has 2 rings (SSSR count). The predicted molar refractivity (Wildman–Crippen MR) is 96.1 cm³/mol. The molecule has 1 aliphatic rings. The minimum atomic E-state index is -0.685. The van der Waals surface area contributed by atoms with Crippen LogP contribution in [0, 0.1) is 0 Å². The van der Waals surface area contributed by atoms with Crippen molar-refractivity contribution in [2.45, 2.75) is 56.9 Å². The molecule has 1 saturated carbocycles. The van der Waals surface area contributed by atoms with Gasteiger partial charge in [0.2, 0.25) is 0 Å². The third-order valence-corrected chi connectivity index (χ3v) is 6.00. The quantitative estimate of drug-likeness (QED) is 0.449. The van der Waals surface area contributed by atoms with E-state index in [1.807, 2.05) is 23.9 Å². The third kappa shape index (κ3) is 5.97. The topological polar surface area (TPSA) is 71.3 Å². The van der Waals surface area contributed by atoms with Gasteiger partial charge in [-0.2, -0.15) is 5.10 Å². The lowest BCUT2D eigenvalue weighted by Crippen LogP contribution is -2.46. The second-order valence-electron chi connectivity index (χ2n) is 5.92. The molecular weight excluding hydrogens is 310 g/mol. The summed E-state index contributed by atoms with van der Waals surface area (Å²) in [6.45, 7) is 3.77. The van der Waals surface area contributed by atoms with Crippen molar-refractivity contribution < 1.29 is 4.21 Å². The van der Waals surface area contributed by atoms with Crippen LogP contribution in [0.5, 0.6) is 0 Å². The van der Waals surface area contributed by atoms with Gasteiger partial charge in [-0.25, -0.2) is 0 Å². The standard InChI is InChI=1S/C16H29N5OS/c1-3-23(22)15-8-4-7-14(13-15)20-16(17-2)18-9-5-11-21-12-6-10-19-21/h6,10,12,14-15H,3-5,7-9,11,13H2,1-2H3,(H2,17,18,20). The molecule has 1 aromatic heterocycles. The zero-order valence-electron chi connectivity index (χ0n) is 14.2. The molecule has 0 spiro atoms. The number of guanidine groups is 1. The predicted octanol–water partition coefficient (Wildman–Crippen LogP) is 1.52. The monoisotopic (exact) mass is 339 g/mol. The molecule has 3 unspecified atom stereocenters. The number of hydrogen-bond acceptors (Lipinski definition) is 3. The summed E-state index contributed by atoms with van der Waals surface area (Å²) < 4.78 is 14.0. The van der Waals surface area contributed by atoms with Gasteiger partial charge in [0.25, 0.3) is 0 Å². The number of nitrogens with zero attached hydrogens (tertiary/aromatic N) is 3. The molecule has 3 atom stereocenters. The Hall–Kier alpha value is -1.37. The van der Waals surface area contributed by atoms with Gasteiger partial charge in [0, 0.05) is 60.4 Å². The first-order chi connectivity index (χ1) is 11.2. The first kappa shape index (κ1) is 18.0. The van der Waals surface area contributed by atoms with Crippen LogP contribution in [0.1, 0.15) is 39.0 Å². The molecule has 1 aliphatic carbocycles. The van der Waals surface area contributed by atoms with Gasteiger partial charge in [-0.1, -0.05) is 13.3 Å². The highest BCUT2D eigenvalue weighted by atomic mass is 32.2. The summed E-state index contributed by atoms with van der Waals surface area (Å²) in [5.74, 6) is 1.61. The van der Waals surface area contributed by atoms with E-state index in [4.69, 9.17) is 0 Å². The maximum Gasteiger partial charge on any atom is 0.191 e. The second kappa shape index (κ2) is 9.70. The average Bonchev–Trinajstić information content (AvgIpc) is 3.10. The van der Waals surface area contributed by atoms with Crippen molar-refractivity contribution >= 4 is 16.8 Å². The summed E-state index contributed by atoms with van der Waals surface area (Å²) in [6, 6.07) is 2.31. The first-order valence-corrected chi connectivity index (χ1v) is 9.93. The Morgan fingerprint density at radius 1 is 1.48 bits per heavy atom. The van der Waals surface area contributed by atoms with Crippen molar-refractivity contribution in [2.75, 3.05) is 19.3 Å². The van der Waals surface area contributed by atoms with Gasteiger partial charge in [-0.15, -0.1) is 0 Å². The van der Waals surface area contributed by atoms with E-state index in [1.165, 1.54) is 0 Å². The number of aromatic nitrogens is 2. The van der Waals surface area contributed by atoms with Crippen LogP contribution in [-0.4, -0.2) is 50.6 Å². The van der Waals surface area contributed by atoms with Gasteiger partial charge in [0.05, 0.1) is 0 Å². The van der Waals surface area contributed by atoms with E-state index in [9.17, 15) is 4.21 Å². The van der Waals surface area contributed by atoms with E-state index in [0.717, 1.165) is 56.9 Å². The molecule has 7 heteroatoms. The normalized spacial score (nSPS) is 23.5. The lowest BCUT2D eigenvalue weighted by Gasteiger charge is -2.30. The van der Waals surface area contributed by atoms with Gasteiger partial charge >= 0.3 is 0 Å². The molecule has 0 amide bonds. The molecule has 130 valence electrons. The van der Waals surface area contributed by atoms with Crippen molar-refractivity contribution in [3.05, 3.63) is 18.5 Å². The van der Waals surface area contributed by atoms with E-state index >= 15 is 0 Å². The fourth-order valence-corrected chi connectivity index (χ4v) is 4.37. The molecular formula is C16H29N5OS. The van der Waals surface area contributed by atoms with Gasteiger partial charge in [0.15, 0.2) is 5.96 Å². The molecule has 2 N–H and O–H groups in total. The Morgan fingerprint density at radius 3 is 3.04 bits per heavy atom. The summed E-state index contributed by atoms with van der Waals surface area (Å²) >= 11 is 0. The molecule has 0 saturated heterocycles.